The normalized spacial score (nSPS) is 19.6. The number of anilines is 1. The predicted octanol–water partition coefficient (Wildman–Crippen LogP) is 1.26. The van der Waals surface area contributed by atoms with E-state index in [1.54, 1.807) is 0 Å². The molecule has 0 aliphatic carbocycles. The van der Waals surface area contributed by atoms with Gasteiger partial charge in [0.15, 0.2) is 0 Å². The number of nitrogens with zero attached hydrogens (tertiary/aromatic N) is 3. The maximum Gasteiger partial charge on any atom is 0.308 e. The van der Waals surface area contributed by atoms with E-state index >= 15 is 0 Å². The average molecular weight is 235 g/mol. The molecule has 1 unspecified atom stereocenters. The van der Waals surface area contributed by atoms with Gasteiger partial charge in [-0.15, -0.1) is 0 Å². The van der Waals surface area contributed by atoms with E-state index in [9.17, 15) is 4.79 Å². The first kappa shape index (κ1) is 11.8. The average Bonchev–Trinajstić information content (AvgIpc) is 2.77. The van der Waals surface area contributed by atoms with Crippen molar-refractivity contribution < 1.29 is 9.90 Å². The SMILES string of the molecule is CCc1cc(N2CCC(C(=O)O)C2)nc(C)n1. The Morgan fingerprint density at radius 1 is 1.59 bits per heavy atom. The van der Waals surface area contributed by atoms with Gasteiger partial charge < -0.3 is 10.0 Å². The van der Waals surface area contributed by atoms with Gasteiger partial charge in [0.05, 0.1) is 5.92 Å². The van der Waals surface area contributed by atoms with Crippen molar-refractivity contribution in [1.82, 2.24) is 9.97 Å². The minimum Gasteiger partial charge on any atom is -0.481 e. The number of aromatic nitrogens is 2. The Balaban J connectivity index is 2.18. The summed E-state index contributed by atoms with van der Waals surface area (Å²) in [6.07, 6.45) is 1.56. The summed E-state index contributed by atoms with van der Waals surface area (Å²) in [5.41, 5.74) is 1.01. The molecule has 92 valence electrons. The first-order chi connectivity index (χ1) is 8.10. The van der Waals surface area contributed by atoms with E-state index in [-0.39, 0.29) is 5.92 Å². The van der Waals surface area contributed by atoms with Crippen LogP contribution < -0.4 is 4.90 Å². The fourth-order valence-corrected chi connectivity index (χ4v) is 2.13. The van der Waals surface area contributed by atoms with Crippen LogP contribution in [0.2, 0.25) is 0 Å². The van der Waals surface area contributed by atoms with E-state index in [0.29, 0.717) is 13.0 Å². The maximum atomic E-state index is 10.9. The Morgan fingerprint density at radius 3 is 2.94 bits per heavy atom. The van der Waals surface area contributed by atoms with Crippen LogP contribution in [-0.4, -0.2) is 34.1 Å². The molecule has 2 heterocycles. The van der Waals surface area contributed by atoms with E-state index in [1.165, 1.54) is 0 Å². The van der Waals surface area contributed by atoms with Crippen molar-refractivity contribution >= 4 is 11.8 Å². The Morgan fingerprint density at radius 2 is 2.35 bits per heavy atom. The molecule has 1 saturated heterocycles. The number of hydrogen-bond acceptors (Lipinski definition) is 4. The second-order valence-electron chi connectivity index (χ2n) is 4.39. The summed E-state index contributed by atoms with van der Waals surface area (Å²) in [5.74, 6) is 0.626. The minimum atomic E-state index is -0.714. The highest BCUT2D eigenvalue weighted by Gasteiger charge is 2.28. The minimum absolute atomic E-state index is 0.268. The van der Waals surface area contributed by atoms with Crippen molar-refractivity contribution in [3.63, 3.8) is 0 Å². The summed E-state index contributed by atoms with van der Waals surface area (Å²) >= 11 is 0. The number of hydrogen-bond donors (Lipinski definition) is 1. The van der Waals surface area contributed by atoms with Gasteiger partial charge in [0, 0.05) is 24.8 Å². The van der Waals surface area contributed by atoms with Crippen LogP contribution in [0.25, 0.3) is 0 Å². The molecule has 1 N–H and O–H groups in total. The fourth-order valence-electron chi connectivity index (χ4n) is 2.13. The van der Waals surface area contributed by atoms with Crippen molar-refractivity contribution in [2.45, 2.75) is 26.7 Å². The molecule has 1 atom stereocenters. The van der Waals surface area contributed by atoms with E-state index < -0.39 is 5.97 Å². The van der Waals surface area contributed by atoms with E-state index in [1.807, 2.05) is 17.9 Å². The summed E-state index contributed by atoms with van der Waals surface area (Å²) < 4.78 is 0. The summed E-state index contributed by atoms with van der Waals surface area (Å²) in [6.45, 7) is 5.23. The zero-order chi connectivity index (χ0) is 12.4. The van der Waals surface area contributed by atoms with Gasteiger partial charge in [-0.05, 0) is 19.8 Å². The highest BCUT2D eigenvalue weighted by atomic mass is 16.4. The highest BCUT2D eigenvalue weighted by Crippen LogP contribution is 2.23. The topological polar surface area (TPSA) is 66.3 Å². The van der Waals surface area contributed by atoms with Crippen LogP contribution in [0.4, 0.5) is 5.82 Å². The fraction of sp³-hybridized carbons (Fsp3) is 0.583. The van der Waals surface area contributed by atoms with Crippen molar-refractivity contribution in [1.29, 1.82) is 0 Å². The smallest absolute Gasteiger partial charge is 0.308 e. The largest absolute Gasteiger partial charge is 0.481 e. The lowest BCUT2D eigenvalue weighted by Crippen LogP contribution is -2.24. The highest BCUT2D eigenvalue weighted by molar-refractivity contribution is 5.71. The zero-order valence-electron chi connectivity index (χ0n) is 10.2. The molecule has 1 fully saturated rings. The summed E-state index contributed by atoms with van der Waals surface area (Å²) in [7, 11) is 0. The molecule has 0 aromatic carbocycles. The summed E-state index contributed by atoms with van der Waals surface area (Å²) in [5, 5.41) is 8.97. The van der Waals surface area contributed by atoms with Crippen LogP contribution >= 0.6 is 0 Å². The van der Waals surface area contributed by atoms with Gasteiger partial charge in [-0.1, -0.05) is 6.92 Å². The molecule has 0 radical (unpaired) electrons. The molecule has 2 rings (SSSR count). The van der Waals surface area contributed by atoms with Crippen LogP contribution in [0.1, 0.15) is 24.9 Å². The molecule has 1 aromatic rings. The predicted molar refractivity (Wildman–Crippen MR) is 64.1 cm³/mol. The number of carboxylic acid groups (broad SMARTS) is 1. The maximum absolute atomic E-state index is 10.9. The Hall–Kier alpha value is -1.65. The van der Waals surface area contributed by atoms with Crippen molar-refractivity contribution in [2.24, 2.45) is 5.92 Å². The molecule has 0 amide bonds. The standard InChI is InChI=1S/C12H17N3O2/c1-3-10-6-11(14-8(2)13-10)15-5-4-9(7-15)12(16)17/h6,9H,3-5,7H2,1-2H3,(H,16,17). The molecule has 0 spiro atoms. The van der Waals surface area contributed by atoms with Crippen molar-refractivity contribution in [3.8, 4) is 0 Å². The number of carbonyl (C=O) groups is 1. The Bertz CT molecular complexity index is 434. The van der Waals surface area contributed by atoms with Gasteiger partial charge in [0.25, 0.3) is 0 Å². The molecule has 1 aliphatic rings. The van der Waals surface area contributed by atoms with Gasteiger partial charge in [-0.2, -0.15) is 0 Å². The van der Waals surface area contributed by atoms with Crippen molar-refractivity contribution in [3.05, 3.63) is 17.6 Å². The third-order valence-electron chi connectivity index (χ3n) is 3.10. The van der Waals surface area contributed by atoms with E-state index in [2.05, 4.69) is 16.9 Å². The second-order valence-corrected chi connectivity index (χ2v) is 4.39. The summed E-state index contributed by atoms with van der Waals surface area (Å²) in [4.78, 5) is 21.6. The van der Waals surface area contributed by atoms with Crippen LogP contribution in [0.15, 0.2) is 6.07 Å². The third-order valence-corrected chi connectivity index (χ3v) is 3.10. The molecule has 0 saturated carbocycles. The quantitative estimate of drug-likeness (QED) is 0.854. The van der Waals surface area contributed by atoms with Gasteiger partial charge in [0.2, 0.25) is 0 Å². The van der Waals surface area contributed by atoms with Crippen LogP contribution in [0.5, 0.6) is 0 Å². The lowest BCUT2D eigenvalue weighted by atomic mass is 10.1. The molecule has 1 aliphatic heterocycles. The molecular weight excluding hydrogens is 218 g/mol. The zero-order valence-corrected chi connectivity index (χ0v) is 10.2. The van der Waals surface area contributed by atoms with Gasteiger partial charge >= 0.3 is 5.97 Å². The molecule has 1 aromatic heterocycles. The first-order valence-corrected chi connectivity index (χ1v) is 5.92. The van der Waals surface area contributed by atoms with Gasteiger partial charge in [-0.3, -0.25) is 4.79 Å². The molecule has 17 heavy (non-hydrogen) atoms. The molecular formula is C12H17N3O2. The second kappa shape index (κ2) is 4.69. The van der Waals surface area contributed by atoms with Crippen LogP contribution in [-0.2, 0) is 11.2 Å². The molecule has 0 bridgehead atoms. The van der Waals surface area contributed by atoms with E-state index in [4.69, 9.17) is 5.11 Å². The number of aliphatic carboxylic acids is 1. The van der Waals surface area contributed by atoms with Gasteiger partial charge in [-0.25, -0.2) is 9.97 Å². The summed E-state index contributed by atoms with van der Waals surface area (Å²) in [6, 6.07) is 1.96. The lowest BCUT2D eigenvalue weighted by Gasteiger charge is -2.17. The Kier molecular flexibility index (Phi) is 3.26. The van der Waals surface area contributed by atoms with Crippen LogP contribution in [0.3, 0.4) is 0 Å². The molecule has 5 heteroatoms. The first-order valence-electron chi connectivity index (χ1n) is 5.92. The third kappa shape index (κ3) is 2.54. The van der Waals surface area contributed by atoms with Crippen LogP contribution in [0, 0.1) is 12.8 Å². The number of rotatable bonds is 3. The number of aryl methyl sites for hydroxylation is 2. The molecule has 5 nitrogen and oxygen atoms in total. The van der Waals surface area contributed by atoms with E-state index in [0.717, 1.165) is 30.3 Å². The monoisotopic (exact) mass is 235 g/mol. The Labute approximate surface area is 100 Å². The lowest BCUT2D eigenvalue weighted by molar-refractivity contribution is -0.140. The van der Waals surface area contributed by atoms with Crippen molar-refractivity contribution in [2.75, 3.05) is 18.0 Å². The number of carboxylic acids is 1. The van der Waals surface area contributed by atoms with Gasteiger partial charge in [0.1, 0.15) is 11.6 Å².